The van der Waals surface area contributed by atoms with Gasteiger partial charge >= 0.3 is 6.09 Å². The second-order valence-electron chi connectivity index (χ2n) is 6.79. The van der Waals surface area contributed by atoms with Crippen LogP contribution in [0.3, 0.4) is 0 Å². The molecule has 0 bridgehead atoms. The maximum Gasteiger partial charge on any atom is 0.414 e. The first kappa shape index (κ1) is 18.2. The zero-order chi connectivity index (χ0) is 18.1. The Morgan fingerprint density at radius 1 is 1.29 bits per heavy atom. The van der Waals surface area contributed by atoms with Crippen LogP contribution in [0, 0.1) is 0 Å². The van der Waals surface area contributed by atoms with Crippen LogP contribution in [-0.2, 0) is 16.0 Å². The van der Waals surface area contributed by atoms with Gasteiger partial charge in [0.2, 0.25) is 5.91 Å². The van der Waals surface area contributed by atoms with E-state index in [0.29, 0.717) is 25.1 Å². The van der Waals surface area contributed by atoms with Crippen LogP contribution in [0.4, 0.5) is 25.0 Å². The summed E-state index contributed by atoms with van der Waals surface area (Å²) in [6.07, 6.45) is -1.99. The number of aryl methyl sites for hydroxylation is 1. The Morgan fingerprint density at radius 2 is 1.96 bits per heavy atom. The number of alkyl halides is 2. The summed E-state index contributed by atoms with van der Waals surface area (Å²) in [6, 6.07) is 2.79. The second-order valence-corrected chi connectivity index (χ2v) is 6.79. The average Bonchev–Trinajstić information content (AvgIpc) is 2.43. The maximum absolute atomic E-state index is 13.4. The van der Waals surface area contributed by atoms with Crippen molar-refractivity contribution in [2.75, 3.05) is 16.8 Å². The number of nitrogens with one attached hydrogen (secondary N) is 1. The number of amides is 2. The molecule has 1 aliphatic heterocycles. The molecule has 0 atom stereocenters. The fourth-order valence-electron chi connectivity index (χ4n) is 2.63. The van der Waals surface area contributed by atoms with Gasteiger partial charge in [0.15, 0.2) is 0 Å². The van der Waals surface area contributed by atoms with E-state index in [4.69, 9.17) is 4.74 Å². The van der Waals surface area contributed by atoms with Crippen molar-refractivity contribution in [2.45, 2.75) is 52.6 Å². The SMILES string of the molecule is CC(=O)Nc1cc2c(cc1C(F)F)N(C(=O)OC(C)(C)C)CCC2. The zero-order valence-corrected chi connectivity index (χ0v) is 14.3. The third kappa shape index (κ3) is 4.21. The van der Waals surface area contributed by atoms with Crippen LogP contribution in [0.1, 0.15) is 51.7 Å². The van der Waals surface area contributed by atoms with Gasteiger partial charge in [0, 0.05) is 24.7 Å². The second kappa shape index (κ2) is 6.75. The number of carbonyl (C=O) groups excluding carboxylic acids is 2. The average molecular weight is 340 g/mol. The highest BCUT2D eigenvalue weighted by Gasteiger charge is 2.29. The Morgan fingerprint density at radius 3 is 2.50 bits per heavy atom. The van der Waals surface area contributed by atoms with Crippen molar-refractivity contribution in [1.29, 1.82) is 0 Å². The van der Waals surface area contributed by atoms with E-state index in [-0.39, 0.29) is 11.3 Å². The van der Waals surface area contributed by atoms with Gasteiger partial charge in [-0.3, -0.25) is 9.69 Å². The molecule has 2 amide bonds. The number of carbonyl (C=O) groups is 2. The van der Waals surface area contributed by atoms with Gasteiger partial charge in [0.1, 0.15) is 5.60 Å². The quantitative estimate of drug-likeness (QED) is 0.874. The fraction of sp³-hybridized carbons (Fsp3) is 0.529. The van der Waals surface area contributed by atoms with E-state index in [9.17, 15) is 18.4 Å². The maximum atomic E-state index is 13.4. The Hall–Kier alpha value is -2.18. The molecular weight excluding hydrogens is 318 g/mol. The largest absolute Gasteiger partial charge is 0.443 e. The van der Waals surface area contributed by atoms with Gasteiger partial charge in [0.25, 0.3) is 6.43 Å². The Bertz CT molecular complexity index is 654. The molecule has 0 spiro atoms. The summed E-state index contributed by atoms with van der Waals surface area (Å²) in [7, 11) is 0. The van der Waals surface area contributed by atoms with Crippen LogP contribution >= 0.6 is 0 Å². The highest BCUT2D eigenvalue weighted by Crippen LogP contribution is 2.37. The Labute approximate surface area is 140 Å². The van der Waals surface area contributed by atoms with E-state index >= 15 is 0 Å². The summed E-state index contributed by atoms with van der Waals surface area (Å²) in [6.45, 7) is 6.92. The van der Waals surface area contributed by atoms with Crippen molar-refractivity contribution in [2.24, 2.45) is 0 Å². The molecule has 0 aliphatic carbocycles. The summed E-state index contributed by atoms with van der Waals surface area (Å²) >= 11 is 0. The van der Waals surface area contributed by atoms with Crippen LogP contribution in [-0.4, -0.2) is 24.1 Å². The van der Waals surface area contributed by atoms with Gasteiger partial charge in [-0.2, -0.15) is 0 Å². The molecule has 0 radical (unpaired) electrons. The molecule has 1 aromatic carbocycles. The van der Waals surface area contributed by atoms with Crippen LogP contribution in [0.25, 0.3) is 0 Å². The first-order valence-electron chi connectivity index (χ1n) is 7.81. The van der Waals surface area contributed by atoms with Crippen LogP contribution in [0.15, 0.2) is 12.1 Å². The predicted molar refractivity (Wildman–Crippen MR) is 87.6 cm³/mol. The molecule has 2 rings (SSSR count). The van der Waals surface area contributed by atoms with Crippen molar-refractivity contribution in [3.63, 3.8) is 0 Å². The minimum atomic E-state index is -2.76. The molecule has 5 nitrogen and oxygen atoms in total. The lowest BCUT2D eigenvalue weighted by atomic mass is 9.98. The number of ether oxygens (including phenoxy) is 1. The van der Waals surface area contributed by atoms with Crippen LogP contribution < -0.4 is 10.2 Å². The summed E-state index contributed by atoms with van der Waals surface area (Å²) in [5, 5.41) is 2.43. The smallest absolute Gasteiger partial charge is 0.414 e. The van der Waals surface area contributed by atoms with E-state index < -0.39 is 24.0 Å². The van der Waals surface area contributed by atoms with Crippen LogP contribution in [0.2, 0.25) is 0 Å². The normalized spacial score (nSPS) is 14.4. The third-order valence-electron chi connectivity index (χ3n) is 3.53. The molecule has 0 saturated carbocycles. The number of nitrogens with zero attached hydrogens (tertiary/aromatic N) is 1. The summed E-state index contributed by atoms with van der Waals surface area (Å²) in [4.78, 5) is 25.0. The van der Waals surface area contributed by atoms with Crippen molar-refractivity contribution >= 4 is 23.4 Å². The number of anilines is 2. The highest BCUT2D eigenvalue weighted by molar-refractivity contribution is 5.93. The number of hydrogen-bond acceptors (Lipinski definition) is 3. The molecule has 0 fully saturated rings. The van der Waals surface area contributed by atoms with E-state index in [1.54, 1.807) is 20.8 Å². The lowest BCUT2D eigenvalue weighted by Gasteiger charge is -2.32. The predicted octanol–water partition coefficient (Wildman–Crippen LogP) is 4.27. The topological polar surface area (TPSA) is 58.6 Å². The molecule has 7 heteroatoms. The van der Waals surface area contributed by atoms with Gasteiger partial charge < -0.3 is 10.1 Å². The summed E-state index contributed by atoms with van der Waals surface area (Å²) < 4.78 is 32.1. The first-order chi connectivity index (χ1) is 11.1. The van der Waals surface area contributed by atoms with Crippen molar-refractivity contribution in [1.82, 2.24) is 0 Å². The number of hydrogen-bond donors (Lipinski definition) is 1. The number of fused-ring (bicyclic) bond motifs is 1. The molecule has 1 heterocycles. The lowest BCUT2D eigenvalue weighted by Crippen LogP contribution is -2.40. The number of halogens is 2. The molecule has 1 aromatic rings. The molecule has 0 aromatic heterocycles. The minimum absolute atomic E-state index is 0.0855. The van der Waals surface area contributed by atoms with E-state index in [0.717, 1.165) is 5.56 Å². The van der Waals surface area contributed by atoms with Crippen molar-refractivity contribution in [3.8, 4) is 0 Å². The van der Waals surface area contributed by atoms with Gasteiger partial charge in [-0.1, -0.05) is 0 Å². The van der Waals surface area contributed by atoms with E-state index in [1.165, 1.54) is 24.0 Å². The summed E-state index contributed by atoms with van der Waals surface area (Å²) in [5.74, 6) is -0.420. The van der Waals surface area contributed by atoms with Crippen LogP contribution in [0.5, 0.6) is 0 Å². The molecular formula is C17H22F2N2O3. The van der Waals surface area contributed by atoms with Gasteiger partial charge in [0.05, 0.1) is 5.69 Å². The number of rotatable bonds is 2. The van der Waals surface area contributed by atoms with Gasteiger partial charge in [-0.05, 0) is 51.3 Å². The van der Waals surface area contributed by atoms with Crippen molar-refractivity contribution < 1.29 is 23.1 Å². The molecule has 1 N–H and O–H groups in total. The molecule has 0 unspecified atom stereocenters. The number of benzene rings is 1. The Balaban J connectivity index is 2.43. The molecule has 132 valence electrons. The minimum Gasteiger partial charge on any atom is -0.443 e. The molecule has 1 aliphatic rings. The standard InChI is InChI=1S/C17H22F2N2O3/c1-10(22)20-13-8-11-6-5-7-21(16(23)24-17(2,3)4)14(11)9-12(13)15(18)19/h8-9,15H,5-7H2,1-4H3,(H,20,22). The Kier molecular flexibility index (Phi) is 5.11. The molecule has 0 saturated heterocycles. The third-order valence-corrected chi connectivity index (χ3v) is 3.53. The monoisotopic (exact) mass is 340 g/mol. The molecule has 24 heavy (non-hydrogen) atoms. The van der Waals surface area contributed by atoms with Gasteiger partial charge in [-0.25, -0.2) is 13.6 Å². The lowest BCUT2D eigenvalue weighted by molar-refractivity contribution is -0.114. The van der Waals surface area contributed by atoms with Gasteiger partial charge in [-0.15, -0.1) is 0 Å². The zero-order valence-electron chi connectivity index (χ0n) is 14.3. The van der Waals surface area contributed by atoms with Crippen molar-refractivity contribution in [3.05, 3.63) is 23.3 Å². The first-order valence-corrected chi connectivity index (χ1v) is 7.81. The highest BCUT2D eigenvalue weighted by atomic mass is 19.3. The van der Waals surface area contributed by atoms with E-state index in [1.807, 2.05) is 0 Å². The van der Waals surface area contributed by atoms with E-state index in [2.05, 4.69) is 5.32 Å². The summed E-state index contributed by atoms with van der Waals surface area (Å²) in [5.41, 5.74) is 0.262. The fourth-order valence-corrected chi connectivity index (χ4v) is 2.63.